The Bertz CT molecular complexity index is 616. The molecule has 1 amide bonds. The molecule has 0 saturated carbocycles. The number of nitrogens with one attached hydrogen (secondary N) is 1. The molecule has 0 spiro atoms. The number of sulfonamides is 1. The van der Waals surface area contributed by atoms with E-state index in [0.29, 0.717) is 12.1 Å². The van der Waals surface area contributed by atoms with Crippen molar-refractivity contribution in [2.45, 2.75) is 44.2 Å². The van der Waals surface area contributed by atoms with Crippen LogP contribution in [0.1, 0.15) is 38.1 Å². The van der Waals surface area contributed by atoms with Gasteiger partial charge in [-0.05, 0) is 52.0 Å². The van der Waals surface area contributed by atoms with Crippen molar-refractivity contribution in [3.05, 3.63) is 29.8 Å². The zero-order valence-electron chi connectivity index (χ0n) is 13.8. The van der Waals surface area contributed by atoms with Gasteiger partial charge in [-0.3, -0.25) is 4.79 Å². The molecular formula is C15H25N3O3S. The molecule has 0 bridgehead atoms. The van der Waals surface area contributed by atoms with Gasteiger partial charge in [0, 0.05) is 30.7 Å². The monoisotopic (exact) mass is 327 g/mol. The molecule has 3 N–H and O–H groups in total. The molecule has 0 unspecified atom stereocenters. The van der Waals surface area contributed by atoms with E-state index in [9.17, 15) is 13.2 Å². The maximum absolute atomic E-state index is 12.3. The van der Waals surface area contributed by atoms with Crippen molar-refractivity contribution in [1.29, 1.82) is 0 Å². The first-order valence-corrected chi connectivity index (χ1v) is 8.54. The van der Waals surface area contributed by atoms with Gasteiger partial charge < -0.3 is 11.1 Å². The van der Waals surface area contributed by atoms with E-state index in [2.05, 4.69) is 5.32 Å². The Balaban J connectivity index is 2.89. The Morgan fingerprint density at radius 3 is 2.18 bits per heavy atom. The molecule has 22 heavy (non-hydrogen) atoms. The molecule has 1 rings (SSSR count). The summed E-state index contributed by atoms with van der Waals surface area (Å²) < 4.78 is 25.9. The van der Waals surface area contributed by atoms with Crippen LogP contribution in [0.3, 0.4) is 0 Å². The summed E-state index contributed by atoms with van der Waals surface area (Å²) >= 11 is 0. The van der Waals surface area contributed by atoms with Gasteiger partial charge in [0.15, 0.2) is 0 Å². The fraction of sp³-hybridized carbons (Fsp3) is 0.533. The van der Waals surface area contributed by atoms with E-state index in [1.807, 2.05) is 13.8 Å². The predicted molar refractivity (Wildman–Crippen MR) is 87.1 cm³/mol. The van der Waals surface area contributed by atoms with Crippen molar-refractivity contribution in [3.8, 4) is 0 Å². The summed E-state index contributed by atoms with van der Waals surface area (Å²) in [5.74, 6) is -0.278. The lowest BCUT2D eigenvalue weighted by atomic mass is 10.1. The normalized spacial score (nSPS) is 12.7. The van der Waals surface area contributed by atoms with Gasteiger partial charge in [-0.2, -0.15) is 4.31 Å². The van der Waals surface area contributed by atoms with Crippen molar-refractivity contribution in [1.82, 2.24) is 9.62 Å². The van der Waals surface area contributed by atoms with Crippen molar-refractivity contribution >= 4 is 15.9 Å². The number of carbonyl (C=O) groups excluding carboxylic acids is 1. The average Bonchev–Trinajstić information content (AvgIpc) is 2.43. The zero-order chi connectivity index (χ0) is 17.1. The first-order valence-electron chi connectivity index (χ1n) is 7.10. The number of hydrogen-bond donors (Lipinski definition) is 2. The lowest BCUT2D eigenvalue weighted by Gasteiger charge is -2.21. The van der Waals surface area contributed by atoms with Gasteiger partial charge in [0.2, 0.25) is 10.0 Å². The first kappa shape index (κ1) is 18.6. The minimum Gasteiger partial charge on any atom is -0.350 e. The zero-order valence-corrected chi connectivity index (χ0v) is 14.6. The molecule has 0 aliphatic rings. The summed E-state index contributed by atoms with van der Waals surface area (Å²) in [6, 6.07) is 5.74. The SMILES string of the molecule is CC(C)N(C)S(=O)(=O)c1ccc(C(=O)NCC(C)(C)N)cc1. The highest BCUT2D eigenvalue weighted by atomic mass is 32.2. The van der Waals surface area contributed by atoms with Gasteiger partial charge in [0.25, 0.3) is 5.91 Å². The number of carbonyl (C=O) groups is 1. The summed E-state index contributed by atoms with van der Waals surface area (Å²) in [4.78, 5) is 12.1. The highest BCUT2D eigenvalue weighted by Crippen LogP contribution is 2.17. The third-order valence-corrected chi connectivity index (χ3v) is 5.27. The number of rotatable bonds is 6. The molecule has 0 aliphatic carbocycles. The molecule has 6 nitrogen and oxygen atoms in total. The van der Waals surface area contributed by atoms with Gasteiger partial charge in [-0.15, -0.1) is 0 Å². The Morgan fingerprint density at radius 1 is 1.27 bits per heavy atom. The number of hydrogen-bond acceptors (Lipinski definition) is 4. The number of benzene rings is 1. The van der Waals surface area contributed by atoms with Gasteiger partial charge in [-0.1, -0.05) is 0 Å². The second-order valence-electron chi connectivity index (χ2n) is 6.31. The quantitative estimate of drug-likeness (QED) is 0.820. The van der Waals surface area contributed by atoms with Crippen molar-refractivity contribution in [3.63, 3.8) is 0 Å². The summed E-state index contributed by atoms with van der Waals surface area (Å²) in [6.45, 7) is 7.55. The van der Waals surface area contributed by atoms with Crippen LogP contribution in [0.2, 0.25) is 0 Å². The summed E-state index contributed by atoms with van der Waals surface area (Å²) in [6.07, 6.45) is 0. The molecular weight excluding hydrogens is 302 g/mol. The average molecular weight is 327 g/mol. The van der Waals surface area contributed by atoms with E-state index in [0.717, 1.165) is 0 Å². The third-order valence-electron chi connectivity index (χ3n) is 3.23. The largest absolute Gasteiger partial charge is 0.350 e. The Morgan fingerprint density at radius 2 is 1.77 bits per heavy atom. The number of nitrogens with zero attached hydrogens (tertiary/aromatic N) is 1. The van der Waals surface area contributed by atoms with Crippen molar-refractivity contribution in [2.75, 3.05) is 13.6 Å². The molecule has 7 heteroatoms. The molecule has 0 atom stereocenters. The molecule has 1 aromatic rings. The maximum atomic E-state index is 12.3. The maximum Gasteiger partial charge on any atom is 0.251 e. The van der Waals surface area contributed by atoms with Gasteiger partial charge in [0.05, 0.1) is 4.90 Å². The molecule has 0 fully saturated rings. The smallest absolute Gasteiger partial charge is 0.251 e. The fourth-order valence-corrected chi connectivity index (χ4v) is 3.00. The van der Waals surface area contributed by atoms with Crippen LogP contribution in [-0.2, 0) is 10.0 Å². The number of amides is 1. The Kier molecular flexibility index (Phi) is 5.72. The molecule has 0 radical (unpaired) electrons. The lowest BCUT2D eigenvalue weighted by molar-refractivity contribution is 0.0946. The van der Waals surface area contributed by atoms with E-state index < -0.39 is 15.6 Å². The fourth-order valence-electron chi connectivity index (χ4n) is 1.63. The van der Waals surface area contributed by atoms with E-state index in [4.69, 9.17) is 5.73 Å². The van der Waals surface area contributed by atoms with Crippen LogP contribution in [0, 0.1) is 0 Å². The first-order chi connectivity index (χ1) is 9.95. The van der Waals surface area contributed by atoms with Crippen LogP contribution >= 0.6 is 0 Å². The molecule has 0 aliphatic heterocycles. The van der Waals surface area contributed by atoms with Gasteiger partial charge in [0.1, 0.15) is 0 Å². The van der Waals surface area contributed by atoms with E-state index in [-0.39, 0.29) is 16.8 Å². The van der Waals surface area contributed by atoms with Crippen LogP contribution in [0.5, 0.6) is 0 Å². The summed E-state index contributed by atoms with van der Waals surface area (Å²) in [7, 11) is -2.00. The topological polar surface area (TPSA) is 92.5 Å². The number of nitrogens with two attached hydrogens (primary N) is 1. The molecule has 0 aromatic heterocycles. The standard InChI is InChI=1S/C15H25N3O3S/c1-11(2)18(5)22(20,21)13-8-6-12(7-9-13)14(19)17-10-15(3,4)16/h6-9,11H,10,16H2,1-5H3,(H,17,19). The van der Waals surface area contributed by atoms with Crippen LogP contribution in [0.4, 0.5) is 0 Å². The van der Waals surface area contributed by atoms with E-state index >= 15 is 0 Å². The van der Waals surface area contributed by atoms with E-state index in [1.165, 1.54) is 35.6 Å². The van der Waals surface area contributed by atoms with Crippen LogP contribution in [-0.4, -0.2) is 43.8 Å². The summed E-state index contributed by atoms with van der Waals surface area (Å²) in [5, 5.41) is 2.71. The van der Waals surface area contributed by atoms with Gasteiger partial charge >= 0.3 is 0 Å². The third kappa shape index (κ3) is 4.79. The van der Waals surface area contributed by atoms with Gasteiger partial charge in [-0.25, -0.2) is 8.42 Å². The molecule has 124 valence electrons. The minimum atomic E-state index is -3.53. The second kappa shape index (κ2) is 6.76. The van der Waals surface area contributed by atoms with E-state index in [1.54, 1.807) is 13.8 Å². The van der Waals surface area contributed by atoms with Crippen molar-refractivity contribution < 1.29 is 13.2 Å². The highest BCUT2D eigenvalue weighted by Gasteiger charge is 2.23. The summed E-state index contributed by atoms with van der Waals surface area (Å²) in [5.41, 5.74) is 5.70. The minimum absolute atomic E-state index is 0.139. The molecule has 0 heterocycles. The molecule has 0 saturated heterocycles. The Hall–Kier alpha value is -1.44. The van der Waals surface area contributed by atoms with Crippen LogP contribution in [0.25, 0.3) is 0 Å². The Labute approximate surface area is 132 Å². The van der Waals surface area contributed by atoms with Crippen molar-refractivity contribution in [2.24, 2.45) is 5.73 Å². The predicted octanol–water partition coefficient (Wildman–Crippen LogP) is 1.18. The highest BCUT2D eigenvalue weighted by molar-refractivity contribution is 7.89. The molecule has 1 aromatic carbocycles. The van der Waals surface area contributed by atoms with Crippen LogP contribution in [0.15, 0.2) is 29.2 Å². The van der Waals surface area contributed by atoms with Crippen LogP contribution < -0.4 is 11.1 Å². The second-order valence-corrected chi connectivity index (χ2v) is 8.31. The lowest BCUT2D eigenvalue weighted by Crippen LogP contribution is -2.45.